The minimum Gasteiger partial charge on any atom is -0.453 e. The monoisotopic (exact) mass is 795 g/mol. The quantitative estimate of drug-likeness (QED) is 0.0302. The maximum Gasteiger partial charge on any atom is 0.413 e. The first-order valence-electron chi connectivity index (χ1n) is 17.7. The van der Waals surface area contributed by atoms with E-state index in [1.807, 2.05) is 0 Å². The zero-order valence-corrected chi connectivity index (χ0v) is 33.8. The summed E-state index contributed by atoms with van der Waals surface area (Å²) in [4.78, 5) is 71.4. The molecule has 54 heavy (non-hydrogen) atoms. The van der Waals surface area contributed by atoms with Gasteiger partial charge in [-0.1, -0.05) is 39.0 Å². The Labute approximate surface area is 315 Å². The van der Waals surface area contributed by atoms with Crippen molar-refractivity contribution in [2.75, 3.05) is 18.7 Å². The lowest BCUT2D eigenvalue weighted by atomic mass is 9.98. The van der Waals surface area contributed by atoms with E-state index in [2.05, 4.69) is 23.5 Å². The zero-order chi connectivity index (χ0) is 41.1. The number of unbranched alkanes of at least 4 members (excludes halogenated alkanes) is 5. The molecule has 0 aliphatic carbocycles. The number of hydrogen-bond acceptors (Lipinski definition) is 14. The standard InChI is InChI=1S/C35H56F2N3O13P/c1-12-13-14-15-16-17-18-25(41)50-26-23(21-47-54(11,53-52-29(43)33(5,6)7)48-22-46-28(42)32(2,3)4)49-27(35(26,36)37)40-20-19-24(38-30(40)44)39-31(45)51-34(8,9)10/h19-20,23,26-27H,11-18,21-22H2,1-10H3,(H,38,39,44,45)/t23?,26-,27?,54?/m1/s1. The van der Waals surface area contributed by atoms with Crippen LogP contribution in [-0.4, -0.2) is 77.0 Å². The van der Waals surface area contributed by atoms with Crippen molar-refractivity contribution in [3.8, 4) is 0 Å². The lowest BCUT2D eigenvalue weighted by Crippen LogP contribution is -2.44. The molecule has 2 rings (SSSR count). The first-order valence-corrected chi connectivity index (χ1v) is 19.4. The molecule has 1 aliphatic rings. The second kappa shape index (κ2) is 19.4. The van der Waals surface area contributed by atoms with Crippen LogP contribution >= 0.6 is 7.57 Å². The summed E-state index contributed by atoms with van der Waals surface area (Å²) in [6.45, 7) is 14.6. The van der Waals surface area contributed by atoms with Crippen molar-refractivity contribution in [1.82, 2.24) is 9.55 Å². The normalized spacial score (nSPS) is 19.7. The number of aromatic nitrogens is 2. The summed E-state index contributed by atoms with van der Waals surface area (Å²) in [5, 5.41) is 2.25. The molecule has 1 N–H and O–H groups in total. The molecule has 0 aromatic carbocycles. The number of nitrogens with one attached hydrogen (secondary N) is 1. The number of carbonyl (C=O) groups excluding carboxylic acids is 4. The third-order valence-corrected chi connectivity index (χ3v) is 8.72. The van der Waals surface area contributed by atoms with Crippen LogP contribution in [0.4, 0.5) is 19.4 Å². The highest BCUT2D eigenvalue weighted by atomic mass is 31.2. The number of anilines is 1. The molecule has 2 heterocycles. The molecule has 0 radical (unpaired) electrons. The van der Waals surface area contributed by atoms with E-state index in [4.69, 9.17) is 37.6 Å². The summed E-state index contributed by atoms with van der Waals surface area (Å²) >= 11 is 0. The Hall–Kier alpha value is -3.44. The van der Waals surface area contributed by atoms with Crippen molar-refractivity contribution in [3.63, 3.8) is 0 Å². The second-order valence-corrected chi connectivity index (χ2v) is 17.7. The highest BCUT2D eigenvalue weighted by Crippen LogP contribution is 2.52. The van der Waals surface area contributed by atoms with E-state index < -0.39 is 91.4 Å². The third kappa shape index (κ3) is 15.0. The molecule has 16 nitrogen and oxygen atoms in total. The number of nitrogens with zero attached hydrogens (tertiary/aromatic N) is 2. The van der Waals surface area contributed by atoms with Crippen LogP contribution in [0.5, 0.6) is 0 Å². The molecule has 0 spiro atoms. The number of esters is 2. The second-order valence-electron chi connectivity index (χ2n) is 15.8. The molecular formula is C35H56F2N3O13P. The maximum absolute atomic E-state index is 16.3. The summed E-state index contributed by atoms with van der Waals surface area (Å²) in [6.07, 6.45) is 2.00. The van der Waals surface area contributed by atoms with Gasteiger partial charge < -0.3 is 23.5 Å². The first kappa shape index (κ1) is 46.7. The van der Waals surface area contributed by atoms with Crippen molar-refractivity contribution in [1.29, 1.82) is 0 Å². The van der Waals surface area contributed by atoms with Crippen LogP contribution in [0.15, 0.2) is 17.1 Å². The van der Waals surface area contributed by atoms with E-state index in [9.17, 15) is 24.0 Å². The summed E-state index contributed by atoms with van der Waals surface area (Å²) in [7, 11) is -4.09. The summed E-state index contributed by atoms with van der Waals surface area (Å²) in [5.74, 6) is -6.82. The van der Waals surface area contributed by atoms with Gasteiger partial charge in [-0.2, -0.15) is 13.8 Å². The molecule has 19 heteroatoms. The molecular weight excluding hydrogens is 739 g/mol. The van der Waals surface area contributed by atoms with Gasteiger partial charge in [-0.05, 0) is 81.1 Å². The highest BCUT2D eigenvalue weighted by molar-refractivity contribution is 7.59. The van der Waals surface area contributed by atoms with E-state index in [1.165, 1.54) is 20.8 Å². The molecule has 1 aromatic heterocycles. The van der Waals surface area contributed by atoms with Gasteiger partial charge >= 0.3 is 35.6 Å². The summed E-state index contributed by atoms with van der Waals surface area (Å²) < 4.78 is 70.4. The lowest BCUT2D eigenvalue weighted by molar-refractivity contribution is -0.232. The molecule has 308 valence electrons. The van der Waals surface area contributed by atoms with Crippen LogP contribution in [0, 0.1) is 10.8 Å². The Kier molecular flexibility index (Phi) is 16.8. The molecule has 0 bridgehead atoms. The fourth-order valence-corrected chi connectivity index (χ4v) is 5.36. The van der Waals surface area contributed by atoms with Crippen LogP contribution < -0.4 is 11.0 Å². The predicted octanol–water partition coefficient (Wildman–Crippen LogP) is 7.08. The van der Waals surface area contributed by atoms with Gasteiger partial charge in [0.25, 0.3) is 7.57 Å². The smallest absolute Gasteiger partial charge is 0.413 e. The van der Waals surface area contributed by atoms with Gasteiger partial charge in [0.1, 0.15) is 17.5 Å². The molecule has 1 saturated heterocycles. The van der Waals surface area contributed by atoms with Crippen molar-refractivity contribution in [2.24, 2.45) is 10.8 Å². The molecule has 1 amide bonds. The van der Waals surface area contributed by atoms with Crippen LogP contribution in [0.3, 0.4) is 0 Å². The number of hydrogen-bond donors (Lipinski definition) is 1. The van der Waals surface area contributed by atoms with Gasteiger partial charge in [0.2, 0.25) is 6.23 Å². The molecule has 3 unspecified atom stereocenters. The Bertz CT molecular complexity index is 1550. The highest BCUT2D eigenvalue weighted by Gasteiger charge is 2.62. The molecule has 4 atom stereocenters. The number of halogens is 2. The summed E-state index contributed by atoms with van der Waals surface area (Å²) in [5.41, 5.74) is -4.09. The van der Waals surface area contributed by atoms with Gasteiger partial charge in [0, 0.05) is 12.6 Å². The zero-order valence-electron chi connectivity index (χ0n) is 32.9. The summed E-state index contributed by atoms with van der Waals surface area (Å²) in [6, 6.07) is 1.07. The van der Waals surface area contributed by atoms with E-state index >= 15 is 8.78 Å². The first-order chi connectivity index (χ1) is 24.8. The Morgan fingerprint density at radius 3 is 2.15 bits per heavy atom. The number of rotatable bonds is 18. The Morgan fingerprint density at radius 1 is 0.963 bits per heavy atom. The topological polar surface area (TPSA) is 189 Å². The molecule has 1 aliphatic heterocycles. The van der Waals surface area contributed by atoms with Crippen LogP contribution in [0.2, 0.25) is 0 Å². The number of ether oxygens (including phenoxy) is 4. The number of amides is 1. The number of alkyl halides is 2. The maximum atomic E-state index is 16.3. The lowest BCUT2D eigenvalue weighted by Gasteiger charge is -2.27. The van der Waals surface area contributed by atoms with E-state index in [0.717, 1.165) is 37.9 Å². The number of carbonyl (C=O) groups is 4. The SMILES string of the molecule is C=P(OCOC(=O)C(C)(C)C)(OCC1OC(n2ccc(NC(=O)OC(C)(C)C)nc2=O)C(F)(F)[C@@H]1OC(=O)CCCCCCCC)OOC(=O)C(C)(C)C. The third-order valence-electron chi connectivity index (χ3n) is 7.38. The van der Waals surface area contributed by atoms with Gasteiger partial charge in [-0.25, -0.2) is 14.4 Å². The molecule has 1 aromatic rings. The Morgan fingerprint density at radius 2 is 1.57 bits per heavy atom. The average Bonchev–Trinajstić information content (AvgIpc) is 3.27. The minimum atomic E-state index is -4.09. The Balaban J connectivity index is 2.38. The minimum absolute atomic E-state index is 0.163. The van der Waals surface area contributed by atoms with E-state index in [0.29, 0.717) is 17.4 Å². The van der Waals surface area contributed by atoms with Gasteiger partial charge in [0.15, 0.2) is 12.9 Å². The molecule has 0 saturated carbocycles. The van der Waals surface area contributed by atoms with Crippen LogP contribution in [-0.2, 0) is 51.9 Å². The van der Waals surface area contributed by atoms with Crippen LogP contribution in [0.25, 0.3) is 0 Å². The fraction of sp³-hybridized carbons (Fsp3) is 0.743. The van der Waals surface area contributed by atoms with Crippen molar-refractivity contribution >= 4 is 43.7 Å². The predicted molar refractivity (Wildman–Crippen MR) is 193 cm³/mol. The van der Waals surface area contributed by atoms with Gasteiger partial charge in [0.05, 0.1) is 17.4 Å². The van der Waals surface area contributed by atoms with Crippen molar-refractivity contribution < 1.29 is 65.5 Å². The van der Waals surface area contributed by atoms with Gasteiger partial charge in [-0.3, -0.25) is 28.9 Å². The van der Waals surface area contributed by atoms with Gasteiger partial charge in [-0.15, -0.1) is 4.67 Å². The van der Waals surface area contributed by atoms with Crippen LogP contribution in [0.1, 0.15) is 120 Å². The van der Waals surface area contributed by atoms with Crippen molar-refractivity contribution in [3.05, 3.63) is 22.7 Å². The largest absolute Gasteiger partial charge is 0.453 e. The average molecular weight is 796 g/mol. The van der Waals surface area contributed by atoms with E-state index in [1.54, 1.807) is 41.5 Å². The molecule has 1 fully saturated rings. The van der Waals surface area contributed by atoms with Crippen molar-refractivity contribution in [2.45, 2.75) is 144 Å². The fourth-order valence-electron chi connectivity index (χ4n) is 4.43. The van der Waals surface area contributed by atoms with E-state index in [-0.39, 0.29) is 12.2 Å².